The van der Waals surface area contributed by atoms with Crippen molar-refractivity contribution < 1.29 is 19.1 Å². The molecule has 0 aromatic carbocycles. The van der Waals surface area contributed by atoms with Gasteiger partial charge in [0.25, 0.3) is 0 Å². The molecule has 0 unspecified atom stereocenters. The number of hydrogen-bond donors (Lipinski definition) is 2. The minimum atomic E-state index is -0.120. The van der Waals surface area contributed by atoms with Crippen LogP contribution in [0, 0.1) is 22.7 Å². The monoisotopic (exact) mass is 350 g/mol. The molecule has 2 bridgehead atoms. The third-order valence-electron chi connectivity index (χ3n) is 6.95. The van der Waals surface area contributed by atoms with Gasteiger partial charge in [-0.3, -0.25) is 9.59 Å². The van der Waals surface area contributed by atoms with Crippen LogP contribution in [0.5, 0.6) is 0 Å². The van der Waals surface area contributed by atoms with Crippen LogP contribution in [0.2, 0.25) is 0 Å². The molecule has 5 aliphatic rings. The maximum Gasteiger partial charge on any atom is 0.311 e. The lowest BCUT2D eigenvalue weighted by molar-refractivity contribution is -0.182. The molecule has 2 N–H and O–H groups in total. The Morgan fingerprint density at radius 3 is 1.96 bits per heavy atom. The summed E-state index contributed by atoms with van der Waals surface area (Å²) in [6.07, 6.45) is 2.13. The van der Waals surface area contributed by atoms with Crippen molar-refractivity contribution in [3.63, 3.8) is 0 Å². The number of nitrogens with one attached hydrogen (secondary N) is 2. The zero-order valence-electron chi connectivity index (χ0n) is 15.6. The quantitative estimate of drug-likeness (QED) is 0.743. The van der Waals surface area contributed by atoms with Crippen LogP contribution in [0.4, 0.5) is 0 Å². The van der Waals surface area contributed by atoms with Gasteiger partial charge in [0.05, 0.1) is 11.8 Å². The molecule has 0 spiro atoms. The Hall–Kier alpha value is -1.14. The number of esters is 2. The van der Waals surface area contributed by atoms with Gasteiger partial charge in [0.1, 0.15) is 12.2 Å². The first kappa shape index (κ1) is 17.3. The molecule has 25 heavy (non-hydrogen) atoms. The second kappa shape index (κ2) is 5.68. The second-order valence-electron chi connectivity index (χ2n) is 9.55. The molecule has 0 aromatic heterocycles. The Labute approximate surface area is 149 Å². The Balaban J connectivity index is 1.23. The lowest BCUT2D eigenvalue weighted by Crippen LogP contribution is -2.51. The standard InChI is InChI=1S/C19H30N2O4/c1-10-14(18(2,3)8-20-10)16(22)24-11-5-12(6-11)25-17(23)15-13-7-19(15,4)9-21-13/h10-15,20-21H,5-9H2,1-4H3/t10-,11?,12?,13-,14+,15+,19-/m1/s1. The van der Waals surface area contributed by atoms with E-state index in [-0.39, 0.29) is 52.9 Å². The van der Waals surface area contributed by atoms with Gasteiger partial charge in [-0.05, 0) is 24.2 Å². The average Bonchev–Trinajstić information content (AvgIpc) is 3.07. The molecular formula is C19H30N2O4. The van der Waals surface area contributed by atoms with Crippen LogP contribution in [0.25, 0.3) is 0 Å². The highest BCUT2D eigenvalue weighted by Gasteiger charge is 2.60. The molecule has 3 aliphatic heterocycles. The fourth-order valence-electron chi connectivity index (χ4n) is 5.29. The van der Waals surface area contributed by atoms with Crippen LogP contribution < -0.4 is 10.6 Å². The number of fused-ring (bicyclic) bond motifs is 1. The maximum absolute atomic E-state index is 12.5. The number of hydrogen-bond acceptors (Lipinski definition) is 6. The van der Waals surface area contributed by atoms with Gasteiger partial charge in [0.2, 0.25) is 0 Å². The molecule has 0 amide bonds. The highest BCUT2D eigenvalue weighted by Crippen LogP contribution is 2.52. The third kappa shape index (κ3) is 2.78. The topological polar surface area (TPSA) is 76.7 Å². The van der Waals surface area contributed by atoms with E-state index in [2.05, 4.69) is 31.4 Å². The minimum absolute atomic E-state index is 0.000289. The fraction of sp³-hybridized carbons (Fsp3) is 0.895. The molecule has 5 atom stereocenters. The van der Waals surface area contributed by atoms with Crippen molar-refractivity contribution in [1.82, 2.24) is 10.6 Å². The van der Waals surface area contributed by atoms with Crippen molar-refractivity contribution in [2.45, 2.75) is 71.2 Å². The number of ether oxygens (including phenoxy) is 2. The van der Waals surface area contributed by atoms with Gasteiger partial charge in [-0.2, -0.15) is 0 Å². The Morgan fingerprint density at radius 2 is 1.52 bits per heavy atom. The van der Waals surface area contributed by atoms with Gasteiger partial charge in [-0.15, -0.1) is 0 Å². The van der Waals surface area contributed by atoms with E-state index < -0.39 is 0 Å². The third-order valence-corrected chi connectivity index (χ3v) is 6.95. The molecule has 3 saturated heterocycles. The van der Waals surface area contributed by atoms with Crippen LogP contribution in [0.3, 0.4) is 0 Å². The largest absolute Gasteiger partial charge is 0.462 e. The summed E-state index contributed by atoms with van der Waals surface area (Å²) < 4.78 is 11.3. The summed E-state index contributed by atoms with van der Waals surface area (Å²) in [5.41, 5.74) is -0.00732. The smallest absolute Gasteiger partial charge is 0.311 e. The lowest BCUT2D eigenvalue weighted by Gasteiger charge is -2.43. The molecule has 3 heterocycles. The molecule has 140 valence electrons. The molecule has 5 rings (SSSR count). The molecule has 2 aliphatic carbocycles. The minimum Gasteiger partial charge on any atom is -0.462 e. The first-order valence-corrected chi connectivity index (χ1v) is 9.57. The van der Waals surface area contributed by atoms with E-state index in [9.17, 15) is 9.59 Å². The molecule has 6 nitrogen and oxygen atoms in total. The van der Waals surface area contributed by atoms with Crippen molar-refractivity contribution in [3.05, 3.63) is 0 Å². The zero-order valence-corrected chi connectivity index (χ0v) is 15.6. The summed E-state index contributed by atoms with van der Waals surface area (Å²) in [6, 6.07) is 0.434. The van der Waals surface area contributed by atoms with Crippen molar-refractivity contribution in [3.8, 4) is 0 Å². The highest BCUT2D eigenvalue weighted by molar-refractivity contribution is 5.77. The Morgan fingerprint density at radius 1 is 0.920 bits per heavy atom. The number of rotatable bonds is 4. The van der Waals surface area contributed by atoms with Gasteiger partial charge >= 0.3 is 11.9 Å². The Bertz CT molecular complexity index is 582. The summed E-state index contributed by atoms with van der Waals surface area (Å²) in [5, 5.41) is 6.73. The first-order valence-electron chi connectivity index (χ1n) is 9.57. The van der Waals surface area contributed by atoms with Crippen molar-refractivity contribution in [2.24, 2.45) is 22.7 Å². The number of carbonyl (C=O) groups excluding carboxylic acids is 2. The van der Waals surface area contributed by atoms with E-state index >= 15 is 0 Å². The van der Waals surface area contributed by atoms with Crippen LogP contribution in [0.1, 0.15) is 47.0 Å². The predicted molar refractivity (Wildman–Crippen MR) is 91.7 cm³/mol. The summed E-state index contributed by atoms with van der Waals surface area (Å²) in [4.78, 5) is 24.9. The molecule has 5 fully saturated rings. The van der Waals surface area contributed by atoms with E-state index in [0.29, 0.717) is 18.9 Å². The average molecular weight is 350 g/mol. The van der Waals surface area contributed by atoms with Crippen molar-refractivity contribution >= 4 is 11.9 Å². The summed E-state index contributed by atoms with van der Waals surface area (Å²) >= 11 is 0. The van der Waals surface area contributed by atoms with E-state index in [4.69, 9.17) is 9.47 Å². The van der Waals surface area contributed by atoms with Gasteiger partial charge in [-0.1, -0.05) is 20.8 Å². The van der Waals surface area contributed by atoms with Crippen molar-refractivity contribution in [2.75, 3.05) is 13.1 Å². The molecule has 0 aromatic rings. The van der Waals surface area contributed by atoms with Gasteiger partial charge in [0, 0.05) is 38.0 Å². The van der Waals surface area contributed by atoms with E-state index in [1.54, 1.807) is 0 Å². The maximum atomic E-state index is 12.5. The van der Waals surface area contributed by atoms with Crippen molar-refractivity contribution in [1.29, 1.82) is 0 Å². The normalized spacial score (nSPS) is 46.9. The van der Waals surface area contributed by atoms with E-state index in [1.165, 1.54) is 0 Å². The van der Waals surface area contributed by atoms with Crippen LogP contribution in [-0.4, -0.2) is 49.3 Å². The molecule has 2 saturated carbocycles. The van der Waals surface area contributed by atoms with Gasteiger partial charge in [-0.25, -0.2) is 0 Å². The van der Waals surface area contributed by atoms with Gasteiger partial charge < -0.3 is 20.1 Å². The van der Waals surface area contributed by atoms with Crippen LogP contribution in [0.15, 0.2) is 0 Å². The molecular weight excluding hydrogens is 320 g/mol. The van der Waals surface area contributed by atoms with E-state index in [1.807, 2.05) is 6.92 Å². The summed E-state index contributed by atoms with van der Waals surface area (Å²) in [6.45, 7) is 10.1. The van der Waals surface area contributed by atoms with Crippen LogP contribution in [-0.2, 0) is 19.1 Å². The zero-order chi connectivity index (χ0) is 18.0. The van der Waals surface area contributed by atoms with Gasteiger partial charge in [0.15, 0.2) is 0 Å². The number of carbonyl (C=O) groups is 2. The summed E-state index contributed by atoms with van der Waals surface area (Å²) in [5.74, 6) is -0.315. The van der Waals surface area contributed by atoms with E-state index in [0.717, 1.165) is 19.5 Å². The SMILES string of the molecule is C[C@H]1NCC(C)(C)[C@@H]1C(=O)OC1CC(OC(=O)[C@@H]2[C@H]3C[C@]2(C)CN3)C1. The fourth-order valence-corrected chi connectivity index (χ4v) is 5.29. The molecule has 0 radical (unpaired) electrons. The lowest BCUT2D eigenvalue weighted by atomic mass is 9.62. The first-order chi connectivity index (χ1) is 11.7. The summed E-state index contributed by atoms with van der Waals surface area (Å²) in [7, 11) is 0. The van der Waals surface area contributed by atoms with Crippen LogP contribution >= 0.6 is 0 Å². The Kier molecular flexibility index (Phi) is 3.93. The predicted octanol–water partition coefficient (Wildman–Crippen LogP) is 1.24. The second-order valence-corrected chi connectivity index (χ2v) is 9.55. The molecule has 6 heteroatoms. The highest BCUT2D eigenvalue weighted by atomic mass is 16.6.